The highest BCUT2D eigenvalue weighted by molar-refractivity contribution is 5.92. The number of allylic oxidation sites excluding steroid dienone is 4. The maximum absolute atomic E-state index is 5.46. The second kappa shape index (κ2) is 24.5. The Morgan fingerprint density at radius 2 is 0.575 bits per heavy atom. The SMILES string of the molecule is CC1CC(N(c2ccccc2)c2ccc(N(c3ccccc3)c3ccccc3-c3ccccc3)cc2)=CC=C1c1nc2ccccc2nc1-c1ccc(N(c2ccccc2)c2ccc(N(c3ccccc3)c3ccccc3-c3ccccc3)cc2)cc1. The Morgan fingerprint density at radius 1 is 0.264 bits per heavy atom. The number of hydrogen-bond acceptors (Lipinski definition) is 6. The fourth-order valence-corrected chi connectivity index (χ4v) is 12.1. The molecule has 416 valence electrons. The molecule has 0 spiro atoms. The van der Waals surface area contributed by atoms with Crippen LogP contribution in [0.15, 0.2) is 345 Å². The molecule has 0 saturated heterocycles. The Bertz CT molecular complexity index is 4520. The summed E-state index contributed by atoms with van der Waals surface area (Å²) in [5, 5.41) is 0. The van der Waals surface area contributed by atoms with E-state index in [0.29, 0.717) is 0 Å². The molecule has 6 heteroatoms. The lowest BCUT2D eigenvalue weighted by Gasteiger charge is -2.33. The van der Waals surface area contributed by atoms with Gasteiger partial charge >= 0.3 is 0 Å². The van der Waals surface area contributed by atoms with Crippen molar-refractivity contribution in [2.24, 2.45) is 5.92 Å². The predicted molar refractivity (Wildman–Crippen MR) is 365 cm³/mol. The molecule has 6 nitrogen and oxygen atoms in total. The average Bonchev–Trinajstić information content (AvgIpc) is 1.73. The van der Waals surface area contributed by atoms with Crippen LogP contribution in [0.5, 0.6) is 0 Å². The fraction of sp³-hybridized carbons (Fsp3) is 0.0370. The molecular weight excluding hydrogens is 1060 g/mol. The van der Waals surface area contributed by atoms with Crippen molar-refractivity contribution < 1.29 is 0 Å². The van der Waals surface area contributed by atoms with Crippen LogP contribution in [-0.4, -0.2) is 9.97 Å². The summed E-state index contributed by atoms with van der Waals surface area (Å²) in [7, 11) is 0. The van der Waals surface area contributed by atoms with Crippen molar-refractivity contribution in [3.63, 3.8) is 0 Å². The van der Waals surface area contributed by atoms with E-state index in [1.54, 1.807) is 0 Å². The van der Waals surface area contributed by atoms with E-state index >= 15 is 0 Å². The molecule has 1 aromatic heterocycles. The van der Waals surface area contributed by atoms with Gasteiger partial charge in [-0.3, -0.25) is 0 Å². The predicted octanol–water partition coefficient (Wildman–Crippen LogP) is 22.2. The number of benzene rings is 12. The van der Waals surface area contributed by atoms with Crippen molar-refractivity contribution in [3.05, 3.63) is 351 Å². The molecule has 0 aliphatic heterocycles. The quantitative estimate of drug-likeness (QED) is 0.0960. The van der Waals surface area contributed by atoms with E-state index in [4.69, 9.17) is 9.97 Å². The van der Waals surface area contributed by atoms with Crippen LogP contribution in [0, 0.1) is 5.92 Å². The standard InChI is InChI=1S/C81H62N6/c1-59-58-72(85(64-32-14-5-15-33-64)69-50-54-71(55-51-69)87(66-36-18-7-19-37-66)79-43-25-21-39-75(79)61-28-10-3-11-29-61)56-57-73(59)81-80(82-76-40-22-23-41-77(76)83-81)62-44-46-67(47-45-62)84(63-30-12-4-13-31-63)68-48-52-70(53-49-68)86(65-34-16-6-17-35-65)78-42-24-20-38-74(78)60-26-8-2-9-27-60/h2-57,59H,58H2,1H3. The highest BCUT2D eigenvalue weighted by Crippen LogP contribution is 2.47. The van der Waals surface area contributed by atoms with Gasteiger partial charge in [0.05, 0.1) is 33.8 Å². The first-order valence-corrected chi connectivity index (χ1v) is 29.8. The topological polar surface area (TPSA) is 38.7 Å². The summed E-state index contributed by atoms with van der Waals surface area (Å²) in [5.74, 6) is 0.105. The van der Waals surface area contributed by atoms with E-state index in [-0.39, 0.29) is 5.92 Å². The number of nitrogens with zero attached hydrogens (tertiary/aromatic N) is 6. The van der Waals surface area contributed by atoms with Gasteiger partial charge in [-0.2, -0.15) is 0 Å². The van der Waals surface area contributed by atoms with Crippen LogP contribution < -0.4 is 19.6 Å². The summed E-state index contributed by atoms with van der Waals surface area (Å²) in [6, 6.07) is 116. The molecule has 0 bridgehead atoms. The Labute approximate surface area is 509 Å². The molecule has 1 heterocycles. The summed E-state index contributed by atoms with van der Waals surface area (Å²) in [5.41, 5.74) is 23.3. The number of para-hydroxylation sites is 8. The summed E-state index contributed by atoms with van der Waals surface area (Å²) in [6.07, 6.45) is 5.35. The van der Waals surface area contributed by atoms with Gasteiger partial charge in [0, 0.05) is 73.6 Å². The van der Waals surface area contributed by atoms with Gasteiger partial charge in [-0.15, -0.1) is 0 Å². The monoisotopic (exact) mass is 1120 g/mol. The Morgan fingerprint density at radius 3 is 1.00 bits per heavy atom. The van der Waals surface area contributed by atoms with Gasteiger partial charge in [0.1, 0.15) is 0 Å². The van der Waals surface area contributed by atoms with Crippen LogP contribution >= 0.6 is 0 Å². The number of fused-ring (bicyclic) bond motifs is 1. The normalized spacial score (nSPS) is 12.9. The van der Waals surface area contributed by atoms with Crippen LogP contribution in [-0.2, 0) is 0 Å². The molecule has 1 atom stereocenters. The van der Waals surface area contributed by atoms with Crippen LogP contribution in [0.3, 0.4) is 0 Å². The van der Waals surface area contributed by atoms with Crippen LogP contribution in [0.25, 0.3) is 50.1 Å². The first-order valence-electron chi connectivity index (χ1n) is 29.8. The van der Waals surface area contributed by atoms with Gasteiger partial charge < -0.3 is 19.6 Å². The number of hydrogen-bond donors (Lipinski definition) is 0. The molecule has 1 aliphatic carbocycles. The Balaban J connectivity index is 0.804. The third-order valence-electron chi connectivity index (χ3n) is 16.3. The summed E-state index contributed by atoms with van der Waals surface area (Å²) < 4.78 is 0. The molecular formula is C81H62N6. The molecule has 14 rings (SSSR count). The van der Waals surface area contributed by atoms with E-state index in [1.165, 1.54) is 22.4 Å². The summed E-state index contributed by atoms with van der Waals surface area (Å²) in [6.45, 7) is 2.32. The Kier molecular flexibility index (Phi) is 15.1. The summed E-state index contributed by atoms with van der Waals surface area (Å²) >= 11 is 0. The lowest BCUT2D eigenvalue weighted by molar-refractivity contribution is 0.712. The van der Waals surface area contributed by atoms with Crippen molar-refractivity contribution in [2.45, 2.75) is 13.3 Å². The zero-order valence-electron chi connectivity index (χ0n) is 48.3. The van der Waals surface area contributed by atoms with E-state index in [0.717, 1.165) is 108 Å². The fourth-order valence-electron chi connectivity index (χ4n) is 12.1. The van der Waals surface area contributed by atoms with E-state index in [2.05, 4.69) is 354 Å². The molecule has 0 amide bonds. The first kappa shape index (κ1) is 53.7. The van der Waals surface area contributed by atoms with Gasteiger partial charge in [-0.1, -0.05) is 207 Å². The maximum Gasteiger partial charge on any atom is 0.0969 e. The lowest BCUT2D eigenvalue weighted by atomic mass is 9.86. The Hall–Kier alpha value is -11.3. The maximum atomic E-state index is 5.46. The number of aromatic nitrogens is 2. The molecule has 1 unspecified atom stereocenters. The molecule has 0 fully saturated rings. The van der Waals surface area contributed by atoms with Crippen molar-refractivity contribution in [3.8, 4) is 33.5 Å². The van der Waals surface area contributed by atoms with Gasteiger partial charge in [-0.05, 0) is 169 Å². The van der Waals surface area contributed by atoms with Crippen molar-refractivity contribution in [1.29, 1.82) is 0 Å². The summed E-state index contributed by atoms with van der Waals surface area (Å²) in [4.78, 5) is 20.3. The molecule has 12 aromatic carbocycles. The number of rotatable bonds is 16. The molecule has 0 radical (unpaired) electrons. The molecule has 1 aliphatic rings. The lowest BCUT2D eigenvalue weighted by Crippen LogP contribution is -2.21. The zero-order chi connectivity index (χ0) is 58.3. The number of anilines is 11. The van der Waals surface area contributed by atoms with Gasteiger partial charge in [0.25, 0.3) is 0 Å². The van der Waals surface area contributed by atoms with Crippen molar-refractivity contribution in [2.75, 3.05) is 19.6 Å². The second-order valence-corrected chi connectivity index (χ2v) is 21.8. The van der Waals surface area contributed by atoms with Crippen LogP contribution in [0.2, 0.25) is 0 Å². The highest BCUT2D eigenvalue weighted by Gasteiger charge is 2.27. The molecule has 0 N–H and O–H groups in total. The minimum absolute atomic E-state index is 0.105. The minimum atomic E-state index is 0.105. The van der Waals surface area contributed by atoms with E-state index < -0.39 is 0 Å². The van der Waals surface area contributed by atoms with Crippen LogP contribution in [0.1, 0.15) is 19.0 Å². The third kappa shape index (κ3) is 11.1. The molecule has 13 aromatic rings. The highest BCUT2D eigenvalue weighted by atomic mass is 15.2. The minimum Gasteiger partial charge on any atom is -0.314 e. The average molecular weight is 1120 g/mol. The molecule has 87 heavy (non-hydrogen) atoms. The van der Waals surface area contributed by atoms with E-state index in [1.807, 2.05) is 12.1 Å². The van der Waals surface area contributed by atoms with E-state index in [9.17, 15) is 0 Å². The largest absolute Gasteiger partial charge is 0.314 e. The van der Waals surface area contributed by atoms with Gasteiger partial charge in [0.15, 0.2) is 0 Å². The smallest absolute Gasteiger partial charge is 0.0969 e. The zero-order valence-corrected chi connectivity index (χ0v) is 48.3. The third-order valence-corrected chi connectivity index (χ3v) is 16.3. The molecule has 0 saturated carbocycles. The first-order chi connectivity index (χ1) is 43.1. The van der Waals surface area contributed by atoms with Crippen LogP contribution in [0.4, 0.5) is 62.6 Å². The second-order valence-electron chi connectivity index (χ2n) is 21.8. The van der Waals surface area contributed by atoms with Gasteiger partial charge in [0.2, 0.25) is 0 Å². The van der Waals surface area contributed by atoms with Crippen molar-refractivity contribution in [1.82, 2.24) is 9.97 Å². The van der Waals surface area contributed by atoms with Gasteiger partial charge in [-0.25, -0.2) is 9.97 Å². The van der Waals surface area contributed by atoms with Crippen molar-refractivity contribution >= 4 is 79.2 Å².